The van der Waals surface area contributed by atoms with Gasteiger partial charge < -0.3 is 10.4 Å². The number of amides is 2. The van der Waals surface area contributed by atoms with Crippen LogP contribution in [0.5, 0.6) is 0 Å². The van der Waals surface area contributed by atoms with Crippen LogP contribution in [-0.2, 0) is 11.3 Å². The van der Waals surface area contributed by atoms with Gasteiger partial charge in [-0.1, -0.05) is 32.6 Å². The fraction of sp³-hybridized carbons (Fsp3) is 0.304. The van der Waals surface area contributed by atoms with Gasteiger partial charge in [0.2, 0.25) is 5.91 Å². The Labute approximate surface area is 180 Å². The number of carbonyl (C=O) groups is 2. The van der Waals surface area contributed by atoms with E-state index in [1.165, 1.54) is 11.0 Å². The Kier molecular flexibility index (Phi) is 5.46. The zero-order valence-electron chi connectivity index (χ0n) is 17.6. The lowest BCUT2D eigenvalue weighted by Gasteiger charge is -2.21. The fourth-order valence-corrected chi connectivity index (χ4v) is 3.54. The highest BCUT2D eigenvalue weighted by molar-refractivity contribution is 5.98. The lowest BCUT2D eigenvalue weighted by molar-refractivity contribution is -0.111. The second kappa shape index (κ2) is 8.22. The molecule has 31 heavy (non-hydrogen) atoms. The van der Waals surface area contributed by atoms with E-state index in [-0.39, 0.29) is 18.4 Å². The van der Waals surface area contributed by atoms with Crippen LogP contribution >= 0.6 is 0 Å². The van der Waals surface area contributed by atoms with Gasteiger partial charge in [-0.3, -0.25) is 9.69 Å². The van der Waals surface area contributed by atoms with E-state index in [1.807, 2.05) is 12.1 Å². The molecule has 160 valence electrons. The number of nitrogens with zero attached hydrogens (tertiary/aromatic N) is 4. The van der Waals surface area contributed by atoms with E-state index in [0.717, 1.165) is 29.7 Å². The number of fused-ring (bicyclic) bond motifs is 1. The number of carbonyl (C=O) groups excluding carboxylic acids is 1. The minimum absolute atomic E-state index is 0.104. The Bertz CT molecular complexity index is 1160. The lowest BCUT2D eigenvalue weighted by Crippen LogP contribution is -2.31. The maximum Gasteiger partial charge on any atom is 0.413 e. The molecule has 0 atom stereocenters. The quantitative estimate of drug-likeness (QED) is 0.548. The Hall–Kier alpha value is -3.68. The van der Waals surface area contributed by atoms with Crippen molar-refractivity contribution in [3.05, 3.63) is 66.0 Å². The van der Waals surface area contributed by atoms with Crippen molar-refractivity contribution in [2.75, 3.05) is 10.2 Å². The van der Waals surface area contributed by atoms with Gasteiger partial charge in [0.1, 0.15) is 5.82 Å². The average molecular weight is 419 g/mol. The zero-order chi connectivity index (χ0) is 22.1. The van der Waals surface area contributed by atoms with Crippen molar-refractivity contribution < 1.29 is 14.7 Å². The molecule has 0 radical (unpaired) electrons. The SMILES string of the molecule is C=CC(=O)Nc1cccc(CN(C(=O)O)c2cc(C3CC3)nc3c(C(C)C)cnn23)c1. The molecule has 2 aromatic heterocycles. The van der Waals surface area contributed by atoms with E-state index in [4.69, 9.17) is 4.98 Å². The largest absolute Gasteiger partial charge is 0.465 e. The Morgan fingerprint density at radius 2 is 2.13 bits per heavy atom. The first-order chi connectivity index (χ1) is 14.9. The summed E-state index contributed by atoms with van der Waals surface area (Å²) in [6.45, 7) is 7.69. The highest BCUT2D eigenvalue weighted by Crippen LogP contribution is 2.41. The minimum Gasteiger partial charge on any atom is -0.465 e. The van der Waals surface area contributed by atoms with Crippen molar-refractivity contribution in [1.29, 1.82) is 0 Å². The maximum absolute atomic E-state index is 12.3. The highest BCUT2D eigenvalue weighted by Gasteiger charge is 2.29. The van der Waals surface area contributed by atoms with Gasteiger partial charge in [0.15, 0.2) is 5.65 Å². The molecule has 0 aliphatic heterocycles. The smallest absolute Gasteiger partial charge is 0.413 e. The summed E-state index contributed by atoms with van der Waals surface area (Å²) in [5.41, 5.74) is 3.91. The summed E-state index contributed by atoms with van der Waals surface area (Å²) in [5.74, 6) is 0.726. The molecule has 0 saturated heterocycles. The minimum atomic E-state index is -1.09. The fourth-order valence-electron chi connectivity index (χ4n) is 3.54. The van der Waals surface area contributed by atoms with Crippen molar-refractivity contribution in [3.63, 3.8) is 0 Å². The van der Waals surface area contributed by atoms with Crippen LogP contribution in [-0.4, -0.2) is 31.7 Å². The molecule has 4 rings (SSSR count). The van der Waals surface area contributed by atoms with Crippen molar-refractivity contribution in [2.24, 2.45) is 0 Å². The van der Waals surface area contributed by atoms with Gasteiger partial charge in [-0.2, -0.15) is 9.61 Å². The summed E-state index contributed by atoms with van der Waals surface area (Å²) in [4.78, 5) is 30.0. The zero-order valence-corrected chi connectivity index (χ0v) is 17.6. The van der Waals surface area contributed by atoms with Crippen LogP contribution < -0.4 is 10.2 Å². The van der Waals surface area contributed by atoms with Gasteiger partial charge in [0.25, 0.3) is 0 Å². The molecule has 8 heteroatoms. The molecule has 0 spiro atoms. The molecule has 1 aromatic carbocycles. The van der Waals surface area contributed by atoms with Crippen LogP contribution in [0.4, 0.5) is 16.3 Å². The molecule has 1 saturated carbocycles. The standard InChI is InChI=1S/C23H25N5O3/c1-4-20(29)25-17-7-5-6-15(10-17)13-27(23(30)31)21-11-19(16-8-9-16)26-22-18(14(2)3)12-24-28(21)22/h4-7,10-12,14,16H,1,8-9,13H2,2-3H3,(H,25,29)(H,30,31). The van der Waals surface area contributed by atoms with E-state index in [9.17, 15) is 14.7 Å². The third-order valence-electron chi connectivity index (χ3n) is 5.35. The predicted octanol–water partition coefficient (Wildman–Crippen LogP) is 4.54. The Morgan fingerprint density at radius 1 is 1.35 bits per heavy atom. The molecule has 2 amide bonds. The molecule has 8 nitrogen and oxygen atoms in total. The van der Waals surface area contributed by atoms with Crippen molar-refractivity contribution >= 4 is 29.2 Å². The van der Waals surface area contributed by atoms with Crippen LogP contribution in [0.2, 0.25) is 0 Å². The molecule has 1 aliphatic carbocycles. The number of hydrogen-bond donors (Lipinski definition) is 2. The van der Waals surface area contributed by atoms with Crippen molar-refractivity contribution in [3.8, 4) is 0 Å². The summed E-state index contributed by atoms with van der Waals surface area (Å²) >= 11 is 0. The number of anilines is 2. The molecule has 1 fully saturated rings. The van der Waals surface area contributed by atoms with Gasteiger partial charge in [0.05, 0.1) is 12.7 Å². The summed E-state index contributed by atoms with van der Waals surface area (Å²) in [6.07, 6.45) is 3.99. The Morgan fingerprint density at radius 3 is 2.77 bits per heavy atom. The van der Waals surface area contributed by atoms with Gasteiger partial charge in [0, 0.05) is 28.9 Å². The summed E-state index contributed by atoms with van der Waals surface area (Å²) in [7, 11) is 0. The van der Waals surface area contributed by atoms with Crippen LogP contribution in [0.1, 0.15) is 55.3 Å². The van der Waals surface area contributed by atoms with E-state index >= 15 is 0 Å². The van der Waals surface area contributed by atoms with E-state index in [2.05, 4.69) is 30.8 Å². The third-order valence-corrected chi connectivity index (χ3v) is 5.35. The topological polar surface area (TPSA) is 99.8 Å². The number of carboxylic acid groups (broad SMARTS) is 1. The number of nitrogens with one attached hydrogen (secondary N) is 1. The molecule has 1 aliphatic rings. The monoisotopic (exact) mass is 419 g/mol. The number of benzene rings is 1. The van der Waals surface area contributed by atoms with Gasteiger partial charge in [-0.15, -0.1) is 0 Å². The molecule has 2 N–H and O–H groups in total. The lowest BCUT2D eigenvalue weighted by atomic mass is 10.1. The molecule has 0 unspecified atom stereocenters. The first-order valence-electron chi connectivity index (χ1n) is 10.3. The van der Waals surface area contributed by atoms with Crippen LogP contribution in [0, 0.1) is 0 Å². The van der Waals surface area contributed by atoms with Crippen LogP contribution in [0.15, 0.2) is 49.2 Å². The molecular formula is C23H25N5O3. The number of aromatic nitrogens is 3. The second-order valence-electron chi connectivity index (χ2n) is 8.07. The van der Waals surface area contributed by atoms with E-state index < -0.39 is 6.09 Å². The first kappa shape index (κ1) is 20.6. The molecule has 3 aromatic rings. The second-order valence-corrected chi connectivity index (χ2v) is 8.07. The van der Waals surface area contributed by atoms with Crippen molar-refractivity contribution in [1.82, 2.24) is 14.6 Å². The Balaban J connectivity index is 1.75. The van der Waals surface area contributed by atoms with E-state index in [1.54, 1.807) is 28.9 Å². The summed E-state index contributed by atoms with van der Waals surface area (Å²) in [6, 6.07) is 8.92. The summed E-state index contributed by atoms with van der Waals surface area (Å²) < 4.78 is 1.61. The highest BCUT2D eigenvalue weighted by atomic mass is 16.4. The first-order valence-corrected chi connectivity index (χ1v) is 10.3. The maximum atomic E-state index is 12.3. The molecule has 2 heterocycles. The van der Waals surface area contributed by atoms with Crippen molar-refractivity contribution in [2.45, 2.75) is 45.1 Å². The third kappa shape index (κ3) is 4.28. The van der Waals surface area contributed by atoms with Gasteiger partial charge in [-0.05, 0) is 42.5 Å². The van der Waals surface area contributed by atoms with Gasteiger partial charge in [-0.25, -0.2) is 9.78 Å². The van der Waals surface area contributed by atoms with Crippen LogP contribution in [0.25, 0.3) is 5.65 Å². The average Bonchev–Trinajstić information content (AvgIpc) is 3.50. The van der Waals surface area contributed by atoms with Gasteiger partial charge >= 0.3 is 6.09 Å². The predicted molar refractivity (Wildman–Crippen MR) is 119 cm³/mol. The number of hydrogen-bond acceptors (Lipinski definition) is 4. The summed E-state index contributed by atoms with van der Waals surface area (Å²) in [5, 5.41) is 17.2. The molecular weight excluding hydrogens is 394 g/mol. The number of rotatable bonds is 7. The normalized spacial score (nSPS) is 13.4. The van der Waals surface area contributed by atoms with Crippen LogP contribution in [0.3, 0.4) is 0 Å². The van der Waals surface area contributed by atoms with E-state index in [0.29, 0.717) is 23.1 Å². The molecule has 0 bridgehead atoms.